The second-order valence-corrected chi connectivity index (χ2v) is 6.98. The van der Waals surface area contributed by atoms with Gasteiger partial charge in [-0.05, 0) is 24.3 Å². The van der Waals surface area contributed by atoms with Crippen LogP contribution in [0.15, 0.2) is 48.7 Å². The van der Waals surface area contributed by atoms with Gasteiger partial charge in [0.2, 0.25) is 5.91 Å². The zero-order valence-corrected chi connectivity index (χ0v) is 18.3. The summed E-state index contributed by atoms with van der Waals surface area (Å²) in [6, 6.07) is 11.8. The Morgan fingerprint density at radius 2 is 1.76 bits per heavy atom. The number of nitrogens with zero attached hydrogens (tertiary/aromatic N) is 1. The summed E-state index contributed by atoms with van der Waals surface area (Å²) in [5, 5.41) is 5.84. The standard InChI is InChI=1S/C23H23N3O7/c1-14(27)24-15-8-9-20(31-2)18(10-15)25-21(28)13-33-22(29)12-26-11-17(23(30)32-3)16-6-4-5-7-19(16)26/h4-11H,12-13H2,1-3H3,(H,24,27)(H,25,28). The molecule has 0 aliphatic rings. The molecule has 0 bridgehead atoms. The van der Waals surface area contributed by atoms with Crippen LogP contribution >= 0.6 is 0 Å². The maximum absolute atomic E-state index is 12.3. The quantitative estimate of drug-likeness (QED) is 0.502. The molecule has 3 aromatic rings. The van der Waals surface area contributed by atoms with Crippen molar-refractivity contribution in [1.82, 2.24) is 4.57 Å². The average Bonchev–Trinajstić information content (AvgIpc) is 3.15. The van der Waals surface area contributed by atoms with Crippen molar-refractivity contribution in [2.45, 2.75) is 13.5 Å². The lowest BCUT2D eigenvalue weighted by molar-refractivity contribution is -0.147. The molecule has 0 atom stereocenters. The Morgan fingerprint density at radius 1 is 1.00 bits per heavy atom. The molecule has 1 aromatic heterocycles. The first-order chi connectivity index (χ1) is 15.8. The molecule has 0 spiro atoms. The third-order valence-corrected chi connectivity index (χ3v) is 4.65. The number of esters is 2. The number of anilines is 2. The lowest BCUT2D eigenvalue weighted by atomic mass is 10.2. The molecule has 0 saturated heterocycles. The minimum Gasteiger partial charge on any atom is -0.495 e. The molecule has 172 valence electrons. The van der Waals surface area contributed by atoms with Gasteiger partial charge in [0, 0.05) is 29.7 Å². The van der Waals surface area contributed by atoms with Crippen molar-refractivity contribution in [3.8, 4) is 5.75 Å². The summed E-state index contributed by atoms with van der Waals surface area (Å²) in [5.41, 5.74) is 1.75. The largest absolute Gasteiger partial charge is 0.495 e. The highest BCUT2D eigenvalue weighted by atomic mass is 16.5. The molecule has 10 nitrogen and oxygen atoms in total. The van der Waals surface area contributed by atoms with Crippen molar-refractivity contribution in [1.29, 1.82) is 0 Å². The number of methoxy groups -OCH3 is 2. The number of hydrogen-bond donors (Lipinski definition) is 2. The molecule has 2 N–H and O–H groups in total. The van der Waals surface area contributed by atoms with E-state index in [-0.39, 0.29) is 12.5 Å². The first-order valence-electron chi connectivity index (χ1n) is 9.89. The van der Waals surface area contributed by atoms with Crippen LogP contribution in [0.1, 0.15) is 17.3 Å². The highest BCUT2D eigenvalue weighted by molar-refractivity contribution is 6.04. The van der Waals surface area contributed by atoms with Gasteiger partial charge < -0.3 is 29.4 Å². The Labute approximate surface area is 189 Å². The number of nitrogens with one attached hydrogen (secondary N) is 2. The van der Waals surface area contributed by atoms with Crippen LogP contribution in [-0.2, 0) is 30.4 Å². The van der Waals surface area contributed by atoms with E-state index in [4.69, 9.17) is 14.2 Å². The number of aromatic nitrogens is 1. The maximum atomic E-state index is 12.3. The Morgan fingerprint density at radius 3 is 2.45 bits per heavy atom. The van der Waals surface area contributed by atoms with Crippen LogP contribution in [0.4, 0.5) is 11.4 Å². The molecule has 2 amide bonds. The lowest BCUT2D eigenvalue weighted by Gasteiger charge is -2.12. The third-order valence-electron chi connectivity index (χ3n) is 4.65. The number of ether oxygens (including phenoxy) is 3. The van der Waals surface area contributed by atoms with Gasteiger partial charge in [-0.1, -0.05) is 18.2 Å². The summed E-state index contributed by atoms with van der Waals surface area (Å²) >= 11 is 0. The molecular weight excluding hydrogens is 430 g/mol. The fraction of sp³-hybridized carbons (Fsp3) is 0.217. The van der Waals surface area contributed by atoms with Gasteiger partial charge in [-0.2, -0.15) is 0 Å². The smallest absolute Gasteiger partial charge is 0.340 e. The molecule has 0 aliphatic carbocycles. The predicted octanol–water partition coefficient (Wildman–Crippen LogP) is 2.58. The topological polar surface area (TPSA) is 125 Å². The molecule has 0 saturated carbocycles. The molecule has 0 fully saturated rings. The number of para-hydroxylation sites is 1. The van der Waals surface area contributed by atoms with Crippen molar-refractivity contribution in [2.24, 2.45) is 0 Å². The maximum Gasteiger partial charge on any atom is 0.340 e. The average molecular weight is 453 g/mol. The van der Waals surface area contributed by atoms with Gasteiger partial charge in [0.05, 0.1) is 25.5 Å². The van der Waals surface area contributed by atoms with Crippen molar-refractivity contribution >= 4 is 46.0 Å². The third kappa shape index (κ3) is 5.67. The fourth-order valence-electron chi connectivity index (χ4n) is 3.25. The highest BCUT2D eigenvalue weighted by Gasteiger charge is 2.18. The van der Waals surface area contributed by atoms with E-state index in [1.165, 1.54) is 33.4 Å². The Balaban J connectivity index is 1.65. The van der Waals surface area contributed by atoms with Crippen LogP contribution in [0.2, 0.25) is 0 Å². The number of hydrogen-bond acceptors (Lipinski definition) is 7. The first kappa shape index (κ1) is 23.3. The van der Waals surface area contributed by atoms with Crippen molar-refractivity contribution < 1.29 is 33.4 Å². The number of carbonyl (C=O) groups is 4. The number of benzene rings is 2. The minimum absolute atomic E-state index is 0.202. The molecule has 33 heavy (non-hydrogen) atoms. The van der Waals surface area contributed by atoms with Gasteiger partial charge in [-0.15, -0.1) is 0 Å². The minimum atomic E-state index is -0.665. The number of carbonyl (C=O) groups excluding carboxylic acids is 4. The number of fused-ring (bicyclic) bond motifs is 1. The Bertz CT molecular complexity index is 1220. The zero-order chi connectivity index (χ0) is 24.0. The monoisotopic (exact) mass is 453 g/mol. The van der Waals surface area contributed by atoms with E-state index in [0.717, 1.165) is 0 Å². The van der Waals surface area contributed by atoms with Crippen LogP contribution in [0.5, 0.6) is 5.75 Å². The van der Waals surface area contributed by atoms with Gasteiger partial charge in [0.15, 0.2) is 6.61 Å². The number of amides is 2. The zero-order valence-electron chi connectivity index (χ0n) is 18.3. The SMILES string of the molecule is COC(=O)c1cn(CC(=O)OCC(=O)Nc2cc(NC(C)=O)ccc2OC)c2ccccc12. The summed E-state index contributed by atoms with van der Waals surface area (Å²) in [6.45, 7) is 0.631. The summed E-state index contributed by atoms with van der Waals surface area (Å²) in [7, 11) is 2.72. The highest BCUT2D eigenvalue weighted by Crippen LogP contribution is 2.28. The predicted molar refractivity (Wildman–Crippen MR) is 120 cm³/mol. The van der Waals surface area contributed by atoms with Gasteiger partial charge in [-0.25, -0.2) is 4.79 Å². The van der Waals surface area contributed by atoms with Crippen molar-refractivity contribution in [2.75, 3.05) is 31.5 Å². The Kier molecular flexibility index (Phi) is 7.29. The van der Waals surface area contributed by atoms with E-state index in [9.17, 15) is 19.2 Å². The normalized spacial score (nSPS) is 10.4. The summed E-state index contributed by atoms with van der Waals surface area (Å²) in [6.07, 6.45) is 1.51. The molecular formula is C23H23N3O7. The van der Waals surface area contributed by atoms with E-state index < -0.39 is 24.5 Å². The van der Waals surface area contributed by atoms with Crippen molar-refractivity contribution in [3.05, 3.63) is 54.2 Å². The molecule has 3 rings (SSSR count). The fourth-order valence-corrected chi connectivity index (χ4v) is 3.25. The van der Waals surface area contributed by atoms with E-state index in [0.29, 0.717) is 33.6 Å². The molecule has 1 heterocycles. The van der Waals surface area contributed by atoms with Gasteiger partial charge in [-0.3, -0.25) is 14.4 Å². The molecule has 0 aliphatic heterocycles. The van der Waals surface area contributed by atoms with E-state index in [1.54, 1.807) is 41.0 Å². The van der Waals surface area contributed by atoms with Crippen LogP contribution in [-0.4, -0.2) is 49.1 Å². The molecule has 10 heteroatoms. The Hall–Kier alpha value is -4.34. The van der Waals surface area contributed by atoms with Crippen LogP contribution in [0.25, 0.3) is 10.9 Å². The molecule has 0 unspecified atom stereocenters. The molecule has 0 radical (unpaired) electrons. The van der Waals surface area contributed by atoms with Crippen molar-refractivity contribution in [3.63, 3.8) is 0 Å². The summed E-state index contributed by atoms with van der Waals surface area (Å²) < 4.78 is 16.7. The van der Waals surface area contributed by atoms with E-state index >= 15 is 0 Å². The van der Waals surface area contributed by atoms with Crippen LogP contribution in [0.3, 0.4) is 0 Å². The number of rotatable bonds is 8. The second-order valence-electron chi connectivity index (χ2n) is 6.98. The second kappa shape index (κ2) is 10.3. The van der Waals surface area contributed by atoms with Gasteiger partial charge >= 0.3 is 11.9 Å². The van der Waals surface area contributed by atoms with Gasteiger partial charge in [0.1, 0.15) is 12.3 Å². The van der Waals surface area contributed by atoms with Crippen LogP contribution < -0.4 is 15.4 Å². The first-order valence-corrected chi connectivity index (χ1v) is 9.89. The summed E-state index contributed by atoms with van der Waals surface area (Å²) in [4.78, 5) is 47.9. The van der Waals surface area contributed by atoms with E-state index in [1.807, 2.05) is 0 Å². The lowest BCUT2D eigenvalue weighted by Crippen LogP contribution is -2.23. The van der Waals surface area contributed by atoms with Crippen LogP contribution in [0, 0.1) is 0 Å². The summed E-state index contributed by atoms with van der Waals surface area (Å²) in [5.74, 6) is -1.67. The van der Waals surface area contributed by atoms with E-state index in [2.05, 4.69) is 10.6 Å². The van der Waals surface area contributed by atoms with Gasteiger partial charge in [0.25, 0.3) is 5.91 Å². The molecule has 2 aromatic carbocycles.